The number of anilines is 3. The van der Waals surface area contributed by atoms with Crippen LogP contribution in [0.2, 0.25) is 0 Å². The van der Waals surface area contributed by atoms with Gasteiger partial charge in [-0.25, -0.2) is 9.59 Å². The molecule has 0 saturated carbocycles. The van der Waals surface area contributed by atoms with Crippen molar-refractivity contribution in [3.8, 4) is 0 Å². The number of carbonyl (C=O) groups is 6. The lowest BCUT2D eigenvalue weighted by molar-refractivity contribution is -0.138. The van der Waals surface area contributed by atoms with Gasteiger partial charge in [-0.1, -0.05) is 69.2 Å². The van der Waals surface area contributed by atoms with Crippen molar-refractivity contribution in [1.82, 2.24) is 20.4 Å². The number of para-hydroxylation sites is 1. The van der Waals surface area contributed by atoms with E-state index >= 15 is 0 Å². The van der Waals surface area contributed by atoms with Crippen molar-refractivity contribution in [3.63, 3.8) is 0 Å². The molecule has 316 valence electrons. The summed E-state index contributed by atoms with van der Waals surface area (Å²) in [5.74, 6) is -1.12. The molecule has 3 aromatic rings. The van der Waals surface area contributed by atoms with E-state index < -0.39 is 36.4 Å². The Morgan fingerprint density at radius 2 is 1.03 bits per heavy atom. The van der Waals surface area contributed by atoms with Gasteiger partial charge in [0.15, 0.2) is 0 Å². The van der Waals surface area contributed by atoms with Gasteiger partial charge in [0.1, 0.15) is 24.2 Å². The summed E-state index contributed by atoms with van der Waals surface area (Å²) in [6, 6.07) is 22.5. The highest BCUT2D eigenvalue weighted by Crippen LogP contribution is 2.25. The highest BCUT2D eigenvalue weighted by atomic mass is 16.5. The van der Waals surface area contributed by atoms with Gasteiger partial charge < -0.3 is 45.4 Å². The highest BCUT2D eigenvalue weighted by molar-refractivity contribution is 5.99. The molecule has 2 aliphatic rings. The minimum atomic E-state index is -0.762. The molecule has 4 atom stereocenters. The van der Waals surface area contributed by atoms with Crippen LogP contribution in [-0.4, -0.2) is 97.1 Å². The molecular weight excluding hydrogens is 755 g/mol. The van der Waals surface area contributed by atoms with Crippen LogP contribution in [0.25, 0.3) is 0 Å². The van der Waals surface area contributed by atoms with Gasteiger partial charge in [0.2, 0.25) is 23.6 Å². The maximum absolute atomic E-state index is 13.4. The summed E-state index contributed by atoms with van der Waals surface area (Å²) < 4.78 is 9.41. The largest absolute Gasteiger partial charge is 0.453 e. The molecule has 0 unspecified atom stereocenters. The van der Waals surface area contributed by atoms with Crippen LogP contribution in [0.4, 0.5) is 26.7 Å². The molecule has 0 radical (unpaired) electrons. The van der Waals surface area contributed by atoms with Crippen molar-refractivity contribution < 1.29 is 38.2 Å². The quantitative estimate of drug-likeness (QED) is 0.131. The molecule has 2 heterocycles. The Labute approximate surface area is 346 Å². The SMILES string of the molecule is CCC[C@H](NC(=O)OC)C(=O)N1CCC[C@H]1C(=O)Nc1ccc(CN(Cc2ccc(NC(=O)[C@@H]3CCCN3C(=O)[C@H](CCC)NC(=O)OC)cc2)c2ccccc2)cc1. The van der Waals surface area contributed by atoms with Crippen LogP contribution in [0, 0.1) is 0 Å². The molecular formula is C44H57N7O8. The summed E-state index contributed by atoms with van der Waals surface area (Å²) in [6.07, 6.45) is 3.31. The van der Waals surface area contributed by atoms with E-state index in [2.05, 4.69) is 26.2 Å². The number of hydrogen-bond donors (Lipinski definition) is 4. The van der Waals surface area contributed by atoms with Gasteiger partial charge in [0.25, 0.3) is 0 Å². The van der Waals surface area contributed by atoms with Crippen LogP contribution in [-0.2, 0) is 41.7 Å². The van der Waals surface area contributed by atoms with Crippen LogP contribution < -0.4 is 26.2 Å². The highest BCUT2D eigenvalue weighted by Gasteiger charge is 2.39. The Balaban J connectivity index is 1.20. The lowest BCUT2D eigenvalue weighted by Crippen LogP contribution is -2.52. The van der Waals surface area contributed by atoms with Crippen molar-refractivity contribution in [3.05, 3.63) is 90.0 Å². The van der Waals surface area contributed by atoms with Crippen molar-refractivity contribution in [1.29, 1.82) is 0 Å². The first kappa shape index (κ1) is 44.0. The summed E-state index contributed by atoms with van der Waals surface area (Å²) in [4.78, 5) is 82.8. The predicted octanol–water partition coefficient (Wildman–Crippen LogP) is 5.80. The zero-order valence-electron chi connectivity index (χ0n) is 34.4. The molecule has 6 amide bonds. The van der Waals surface area contributed by atoms with Crippen LogP contribution in [0.1, 0.15) is 76.3 Å². The van der Waals surface area contributed by atoms with E-state index in [-0.39, 0.29) is 23.6 Å². The van der Waals surface area contributed by atoms with E-state index in [1.807, 2.05) is 92.7 Å². The summed E-state index contributed by atoms with van der Waals surface area (Å²) >= 11 is 0. The lowest BCUT2D eigenvalue weighted by atomic mass is 10.1. The van der Waals surface area contributed by atoms with Crippen molar-refractivity contribution in [2.24, 2.45) is 0 Å². The first-order valence-corrected chi connectivity index (χ1v) is 20.4. The van der Waals surface area contributed by atoms with Gasteiger partial charge in [-0.3, -0.25) is 19.2 Å². The minimum Gasteiger partial charge on any atom is -0.453 e. The van der Waals surface area contributed by atoms with Crippen molar-refractivity contribution in [2.45, 2.75) is 102 Å². The zero-order chi connectivity index (χ0) is 42.3. The third-order valence-corrected chi connectivity index (χ3v) is 10.7. The van der Waals surface area contributed by atoms with Gasteiger partial charge >= 0.3 is 12.2 Å². The fraction of sp³-hybridized carbons (Fsp3) is 0.455. The second-order valence-electron chi connectivity index (χ2n) is 14.9. The number of nitrogens with one attached hydrogen (secondary N) is 4. The second-order valence-corrected chi connectivity index (χ2v) is 14.9. The molecule has 4 N–H and O–H groups in total. The number of carbonyl (C=O) groups excluding carboxylic acids is 6. The lowest BCUT2D eigenvalue weighted by Gasteiger charge is -2.28. The van der Waals surface area contributed by atoms with E-state index in [1.54, 1.807) is 9.80 Å². The maximum atomic E-state index is 13.4. The standard InChI is InChI=1S/C44H57N7O8/c1-5-12-35(47-43(56)58-3)41(54)50-26-10-16-37(50)39(52)45-32-22-18-30(19-23-32)28-49(34-14-8-7-9-15-34)29-31-20-24-33(25-21-31)46-40(53)38-17-11-27-51(38)42(55)36(13-6-2)48-44(57)59-4/h7-9,14-15,18-25,35-38H,5-6,10-13,16-17,26-29H2,1-4H3,(H,45,52)(H,46,53)(H,47,56)(H,48,57)/t35-,36-,37-,38-/m0/s1. The zero-order valence-corrected chi connectivity index (χ0v) is 34.4. The third kappa shape index (κ3) is 12.0. The number of methoxy groups -OCH3 is 2. The van der Waals surface area contributed by atoms with Gasteiger partial charge in [-0.05, 0) is 86.1 Å². The van der Waals surface area contributed by atoms with E-state index in [9.17, 15) is 28.8 Å². The van der Waals surface area contributed by atoms with Crippen LogP contribution >= 0.6 is 0 Å². The first-order valence-electron chi connectivity index (χ1n) is 20.4. The van der Waals surface area contributed by atoms with Gasteiger partial charge in [-0.2, -0.15) is 0 Å². The van der Waals surface area contributed by atoms with Gasteiger partial charge in [0.05, 0.1) is 14.2 Å². The number of rotatable bonds is 17. The molecule has 15 nitrogen and oxygen atoms in total. The molecule has 2 fully saturated rings. The van der Waals surface area contributed by atoms with Crippen LogP contribution in [0.15, 0.2) is 78.9 Å². The first-order chi connectivity index (χ1) is 28.5. The summed E-state index contributed by atoms with van der Waals surface area (Å²) in [6.45, 7) is 5.87. The number of benzene rings is 3. The van der Waals surface area contributed by atoms with E-state index in [1.165, 1.54) is 14.2 Å². The average molecular weight is 812 g/mol. The summed E-state index contributed by atoms with van der Waals surface area (Å²) in [5.41, 5.74) is 4.28. The Morgan fingerprint density at radius 3 is 1.41 bits per heavy atom. The monoisotopic (exact) mass is 811 g/mol. The van der Waals surface area contributed by atoms with E-state index in [4.69, 9.17) is 9.47 Å². The topological polar surface area (TPSA) is 179 Å². The molecule has 2 aliphatic heterocycles. The molecule has 0 bridgehead atoms. The number of alkyl carbamates (subject to hydrolysis) is 2. The fourth-order valence-electron chi connectivity index (χ4n) is 7.66. The summed E-state index contributed by atoms with van der Waals surface area (Å²) in [5, 5.41) is 11.2. The van der Waals surface area contributed by atoms with E-state index in [0.29, 0.717) is 88.9 Å². The molecule has 2 saturated heterocycles. The summed E-state index contributed by atoms with van der Waals surface area (Å²) in [7, 11) is 2.50. The van der Waals surface area contributed by atoms with Crippen LogP contribution in [0.5, 0.6) is 0 Å². The van der Waals surface area contributed by atoms with Gasteiger partial charge in [0, 0.05) is 43.2 Å². The Bertz CT molecular complexity index is 1780. The Hall–Kier alpha value is -6.12. The fourth-order valence-corrected chi connectivity index (χ4v) is 7.66. The number of amides is 6. The number of likely N-dealkylation sites (tertiary alicyclic amines) is 2. The molecule has 15 heteroatoms. The third-order valence-electron chi connectivity index (χ3n) is 10.7. The molecule has 59 heavy (non-hydrogen) atoms. The predicted molar refractivity (Wildman–Crippen MR) is 224 cm³/mol. The Morgan fingerprint density at radius 1 is 0.627 bits per heavy atom. The number of ether oxygens (including phenoxy) is 2. The number of hydrogen-bond acceptors (Lipinski definition) is 9. The normalized spacial score (nSPS) is 17.0. The number of nitrogens with zero attached hydrogens (tertiary/aromatic N) is 3. The molecule has 0 aliphatic carbocycles. The Kier molecular flexibility index (Phi) is 16.1. The van der Waals surface area contributed by atoms with Crippen LogP contribution in [0.3, 0.4) is 0 Å². The smallest absolute Gasteiger partial charge is 0.407 e. The molecule has 0 aromatic heterocycles. The maximum Gasteiger partial charge on any atom is 0.407 e. The van der Waals surface area contributed by atoms with Gasteiger partial charge in [-0.15, -0.1) is 0 Å². The van der Waals surface area contributed by atoms with E-state index in [0.717, 1.165) is 16.8 Å². The van der Waals surface area contributed by atoms with Crippen molar-refractivity contribution >= 4 is 52.9 Å². The minimum absolute atomic E-state index is 0.273. The molecule has 5 rings (SSSR count). The average Bonchev–Trinajstić information content (AvgIpc) is 3.96. The molecule has 0 spiro atoms. The molecule has 3 aromatic carbocycles. The van der Waals surface area contributed by atoms with Crippen molar-refractivity contribution in [2.75, 3.05) is 42.8 Å². The second kappa shape index (κ2) is 21.6.